The molecule has 0 aromatic carbocycles. The molecule has 3 atom stereocenters. The van der Waals surface area contributed by atoms with Crippen molar-refractivity contribution in [3.63, 3.8) is 0 Å². The van der Waals surface area contributed by atoms with Gasteiger partial charge in [0.1, 0.15) is 5.01 Å². The zero-order valence-corrected chi connectivity index (χ0v) is 11.9. The Bertz CT molecular complexity index is 383. The fourth-order valence-electron chi connectivity index (χ4n) is 2.04. The first-order valence-electron chi connectivity index (χ1n) is 6.25. The smallest absolute Gasteiger partial charge is 0.112 e. The summed E-state index contributed by atoms with van der Waals surface area (Å²) in [7, 11) is 0. The molecule has 96 valence electrons. The van der Waals surface area contributed by atoms with Gasteiger partial charge in [-0.2, -0.15) is 0 Å². The van der Waals surface area contributed by atoms with Crippen molar-refractivity contribution in [1.29, 1.82) is 0 Å². The predicted molar refractivity (Wildman–Crippen MR) is 71.3 cm³/mol. The Morgan fingerprint density at radius 2 is 2.18 bits per heavy atom. The van der Waals surface area contributed by atoms with E-state index in [1.165, 1.54) is 0 Å². The standard InChI is InChI=1S/C13H22N2OS/c1-8-5-6-9(16-8)11(14)12-15-10(7-17-12)13(2,3)4/h7-9,11H,5-6,14H2,1-4H3. The molecule has 1 aromatic rings. The van der Waals surface area contributed by atoms with Gasteiger partial charge in [0.2, 0.25) is 0 Å². The molecule has 17 heavy (non-hydrogen) atoms. The number of nitrogens with zero attached hydrogens (tertiary/aromatic N) is 1. The average Bonchev–Trinajstić information content (AvgIpc) is 2.83. The van der Waals surface area contributed by atoms with Gasteiger partial charge in [-0.3, -0.25) is 0 Å². The molecule has 0 radical (unpaired) electrons. The van der Waals surface area contributed by atoms with E-state index >= 15 is 0 Å². The fourth-order valence-corrected chi connectivity index (χ4v) is 3.14. The quantitative estimate of drug-likeness (QED) is 0.882. The summed E-state index contributed by atoms with van der Waals surface area (Å²) in [5, 5.41) is 3.13. The molecule has 1 aliphatic heterocycles. The highest BCUT2D eigenvalue weighted by atomic mass is 32.1. The normalized spacial score (nSPS) is 27.4. The van der Waals surface area contributed by atoms with Crippen LogP contribution in [0, 0.1) is 0 Å². The van der Waals surface area contributed by atoms with Gasteiger partial charge < -0.3 is 10.5 Å². The first-order chi connectivity index (χ1) is 7.88. The van der Waals surface area contributed by atoms with E-state index < -0.39 is 0 Å². The first-order valence-corrected chi connectivity index (χ1v) is 7.13. The highest BCUT2D eigenvalue weighted by Gasteiger charge is 2.30. The minimum Gasteiger partial charge on any atom is -0.373 e. The summed E-state index contributed by atoms with van der Waals surface area (Å²) in [5.74, 6) is 0. The summed E-state index contributed by atoms with van der Waals surface area (Å²) in [5.41, 5.74) is 7.46. The Hall–Kier alpha value is -0.450. The number of ether oxygens (including phenoxy) is 1. The van der Waals surface area contributed by atoms with Crippen LogP contribution < -0.4 is 5.73 Å². The second kappa shape index (κ2) is 4.67. The number of nitrogens with two attached hydrogens (primary N) is 1. The summed E-state index contributed by atoms with van der Waals surface area (Å²) in [6.45, 7) is 8.62. The summed E-state index contributed by atoms with van der Waals surface area (Å²) in [6.07, 6.45) is 2.64. The first kappa shape index (κ1) is 13.0. The van der Waals surface area contributed by atoms with Crippen LogP contribution in [-0.2, 0) is 10.2 Å². The molecule has 2 N–H and O–H groups in total. The third-order valence-corrected chi connectivity index (χ3v) is 4.19. The van der Waals surface area contributed by atoms with Crippen LogP contribution in [0.15, 0.2) is 5.38 Å². The topological polar surface area (TPSA) is 48.1 Å². The van der Waals surface area contributed by atoms with Crippen LogP contribution >= 0.6 is 11.3 Å². The second-order valence-corrected chi connectivity index (χ2v) is 6.80. The Morgan fingerprint density at radius 3 is 2.65 bits per heavy atom. The molecule has 1 fully saturated rings. The molecule has 1 aliphatic rings. The van der Waals surface area contributed by atoms with Gasteiger partial charge in [0.25, 0.3) is 0 Å². The van der Waals surface area contributed by atoms with Gasteiger partial charge in [-0.25, -0.2) is 4.98 Å². The van der Waals surface area contributed by atoms with E-state index in [0.717, 1.165) is 23.5 Å². The van der Waals surface area contributed by atoms with Crippen molar-refractivity contribution in [2.75, 3.05) is 0 Å². The fraction of sp³-hybridized carbons (Fsp3) is 0.769. The highest BCUT2D eigenvalue weighted by molar-refractivity contribution is 7.09. The number of hydrogen-bond acceptors (Lipinski definition) is 4. The van der Waals surface area contributed by atoms with Crippen LogP contribution in [0.1, 0.15) is 57.3 Å². The van der Waals surface area contributed by atoms with E-state index in [1.807, 2.05) is 0 Å². The van der Waals surface area contributed by atoms with Crippen LogP contribution in [0.4, 0.5) is 0 Å². The van der Waals surface area contributed by atoms with Gasteiger partial charge in [0.15, 0.2) is 0 Å². The van der Waals surface area contributed by atoms with Crippen LogP contribution in [0.25, 0.3) is 0 Å². The molecule has 4 heteroatoms. The molecular formula is C13H22N2OS. The van der Waals surface area contributed by atoms with Crippen LogP contribution in [0.3, 0.4) is 0 Å². The second-order valence-electron chi connectivity index (χ2n) is 5.91. The van der Waals surface area contributed by atoms with Crippen molar-refractivity contribution >= 4 is 11.3 Å². The molecule has 0 saturated carbocycles. The molecule has 3 nitrogen and oxygen atoms in total. The SMILES string of the molecule is CC1CCC(C(N)c2nc(C(C)(C)C)cs2)O1. The Balaban J connectivity index is 2.09. The van der Waals surface area contributed by atoms with Gasteiger partial charge in [-0.05, 0) is 19.8 Å². The number of rotatable bonds is 2. The molecule has 0 spiro atoms. The van der Waals surface area contributed by atoms with E-state index in [4.69, 9.17) is 10.5 Å². The maximum absolute atomic E-state index is 6.24. The number of hydrogen-bond donors (Lipinski definition) is 1. The van der Waals surface area contributed by atoms with E-state index in [1.54, 1.807) is 11.3 Å². The lowest BCUT2D eigenvalue weighted by molar-refractivity contribution is 0.0400. The number of aromatic nitrogens is 1. The highest BCUT2D eigenvalue weighted by Crippen LogP contribution is 2.32. The molecule has 0 amide bonds. The van der Waals surface area contributed by atoms with Crippen molar-refractivity contribution in [2.24, 2.45) is 5.73 Å². The lowest BCUT2D eigenvalue weighted by atomic mass is 9.93. The molecule has 0 aliphatic carbocycles. The summed E-state index contributed by atoms with van der Waals surface area (Å²) in [6, 6.07) is -0.0685. The lowest BCUT2D eigenvalue weighted by Gasteiger charge is -2.18. The van der Waals surface area contributed by atoms with Gasteiger partial charge in [-0.15, -0.1) is 11.3 Å². The Morgan fingerprint density at radius 1 is 1.47 bits per heavy atom. The van der Waals surface area contributed by atoms with E-state index in [0.29, 0.717) is 6.10 Å². The molecule has 2 heterocycles. The molecule has 0 bridgehead atoms. The zero-order chi connectivity index (χ0) is 12.6. The van der Waals surface area contributed by atoms with Gasteiger partial charge >= 0.3 is 0 Å². The molecule has 3 unspecified atom stereocenters. The van der Waals surface area contributed by atoms with Crippen LogP contribution in [0.2, 0.25) is 0 Å². The summed E-state index contributed by atoms with van der Waals surface area (Å²) in [4.78, 5) is 4.66. The van der Waals surface area contributed by atoms with Gasteiger partial charge in [-0.1, -0.05) is 20.8 Å². The van der Waals surface area contributed by atoms with Crippen LogP contribution in [-0.4, -0.2) is 17.2 Å². The zero-order valence-electron chi connectivity index (χ0n) is 11.1. The Kier molecular flexibility index (Phi) is 3.57. The van der Waals surface area contributed by atoms with E-state index in [-0.39, 0.29) is 17.6 Å². The molecule has 1 aromatic heterocycles. The van der Waals surface area contributed by atoms with Crippen molar-refractivity contribution in [2.45, 2.75) is 64.2 Å². The average molecular weight is 254 g/mol. The van der Waals surface area contributed by atoms with Crippen molar-refractivity contribution < 1.29 is 4.74 Å². The third kappa shape index (κ3) is 2.87. The monoisotopic (exact) mass is 254 g/mol. The summed E-state index contributed by atoms with van der Waals surface area (Å²) >= 11 is 1.66. The summed E-state index contributed by atoms with van der Waals surface area (Å²) < 4.78 is 5.81. The van der Waals surface area contributed by atoms with Gasteiger partial charge in [0.05, 0.1) is 23.9 Å². The van der Waals surface area contributed by atoms with Crippen LogP contribution in [0.5, 0.6) is 0 Å². The third-order valence-electron chi connectivity index (χ3n) is 3.24. The van der Waals surface area contributed by atoms with Gasteiger partial charge in [0, 0.05) is 10.8 Å². The molecular weight excluding hydrogens is 232 g/mol. The minimum absolute atomic E-state index is 0.0685. The van der Waals surface area contributed by atoms with E-state index in [9.17, 15) is 0 Å². The van der Waals surface area contributed by atoms with Crippen molar-refractivity contribution in [1.82, 2.24) is 4.98 Å². The minimum atomic E-state index is -0.0685. The largest absolute Gasteiger partial charge is 0.373 e. The Labute approximate surface area is 107 Å². The lowest BCUT2D eigenvalue weighted by Crippen LogP contribution is -2.26. The number of thiazole rings is 1. The molecule has 1 saturated heterocycles. The van der Waals surface area contributed by atoms with Crippen molar-refractivity contribution in [3.8, 4) is 0 Å². The maximum Gasteiger partial charge on any atom is 0.112 e. The van der Waals surface area contributed by atoms with Crippen molar-refractivity contribution in [3.05, 3.63) is 16.1 Å². The predicted octanol–water partition coefficient (Wildman–Crippen LogP) is 3.01. The van der Waals surface area contributed by atoms with E-state index in [2.05, 4.69) is 38.1 Å². The molecule has 2 rings (SSSR count). The maximum atomic E-state index is 6.24.